The summed E-state index contributed by atoms with van der Waals surface area (Å²) < 4.78 is 0. The number of carbonyl (C=O) groups is 1. The van der Waals surface area contributed by atoms with Crippen molar-refractivity contribution in [3.05, 3.63) is 34.4 Å². The first-order valence-electron chi connectivity index (χ1n) is 7.64. The summed E-state index contributed by atoms with van der Waals surface area (Å²) >= 11 is 0. The highest BCUT2D eigenvalue weighted by Gasteiger charge is 2.60. The first-order chi connectivity index (χ1) is 9.49. The molecule has 1 aliphatic rings. The minimum absolute atomic E-state index is 0.0167. The van der Waals surface area contributed by atoms with E-state index in [2.05, 4.69) is 52.1 Å². The highest BCUT2D eigenvalue weighted by molar-refractivity contribution is 5.97. The molecule has 1 amide bonds. The zero-order chi connectivity index (χ0) is 16.2. The second kappa shape index (κ2) is 4.84. The number of rotatable bonds is 2. The largest absolute Gasteiger partial charge is 0.348 e. The number of amides is 1. The van der Waals surface area contributed by atoms with Crippen LogP contribution in [0, 0.1) is 31.6 Å². The Balaban J connectivity index is 2.28. The maximum Gasteiger partial charge on any atom is 0.252 e. The van der Waals surface area contributed by atoms with Crippen molar-refractivity contribution >= 4 is 5.91 Å². The molecule has 3 heteroatoms. The molecule has 0 aromatic heterocycles. The number of aryl methyl sites for hydroxylation is 3. The van der Waals surface area contributed by atoms with Crippen LogP contribution in [0.15, 0.2) is 12.1 Å². The normalized spacial score (nSPS) is 26.1. The fourth-order valence-electron chi connectivity index (χ4n) is 4.29. The van der Waals surface area contributed by atoms with E-state index in [0.29, 0.717) is 0 Å². The Hall–Kier alpha value is -1.35. The molecule has 3 nitrogen and oxygen atoms in total. The maximum atomic E-state index is 12.7. The molecule has 0 unspecified atom stereocenters. The van der Waals surface area contributed by atoms with Crippen LogP contribution in [0.5, 0.6) is 0 Å². The van der Waals surface area contributed by atoms with Crippen LogP contribution in [-0.2, 0) is 0 Å². The van der Waals surface area contributed by atoms with Gasteiger partial charge in [0.1, 0.15) is 0 Å². The second-order valence-corrected chi connectivity index (χ2v) is 7.80. The number of benzene rings is 1. The number of carbonyl (C=O) groups excluding carboxylic acids is 1. The number of nitrogens with two attached hydrogens (primary N) is 1. The van der Waals surface area contributed by atoms with Gasteiger partial charge in [0.05, 0.1) is 0 Å². The van der Waals surface area contributed by atoms with Gasteiger partial charge in [-0.3, -0.25) is 4.79 Å². The fourth-order valence-corrected chi connectivity index (χ4v) is 4.29. The van der Waals surface area contributed by atoms with E-state index in [4.69, 9.17) is 5.73 Å². The average Bonchev–Trinajstić information content (AvgIpc) is 2.33. The fraction of sp³-hybridized carbons (Fsp3) is 0.611. The molecule has 1 aromatic carbocycles. The van der Waals surface area contributed by atoms with Gasteiger partial charge >= 0.3 is 0 Å². The van der Waals surface area contributed by atoms with Gasteiger partial charge in [0.2, 0.25) is 0 Å². The maximum absolute atomic E-state index is 12.7. The Morgan fingerprint density at radius 3 is 1.90 bits per heavy atom. The van der Waals surface area contributed by atoms with Crippen LogP contribution < -0.4 is 11.1 Å². The lowest BCUT2D eigenvalue weighted by atomic mass is 9.48. The molecule has 21 heavy (non-hydrogen) atoms. The molecule has 1 fully saturated rings. The van der Waals surface area contributed by atoms with Crippen molar-refractivity contribution in [1.82, 2.24) is 5.32 Å². The molecular weight excluding hydrogens is 260 g/mol. The number of nitrogens with one attached hydrogen (secondary N) is 1. The van der Waals surface area contributed by atoms with Crippen molar-refractivity contribution in [3.63, 3.8) is 0 Å². The zero-order valence-corrected chi connectivity index (χ0v) is 14.3. The van der Waals surface area contributed by atoms with Crippen LogP contribution in [0.3, 0.4) is 0 Å². The Morgan fingerprint density at radius 2 is 1.48 bits per heavy atom. The van der Waals surface area contributed by atoms with Gasteiger partial charge in [-0.25, -0.2) is 0 Å². The first-order valence-corrected chi connectivity index (χ1v) is 7.64. The van der Waals surface area contributed by atoms with Crippen molar-refractivity contribution in [2.24, 2.45) is 16.6 Å². The topological polar surface area (TPSA) is 55.1 Å². The Morgan fingerprint density at radius 1 is 1.05 bits per heavy atom. The lowest BCUT2D eigenvalue weighted by Gasteiger charge is -2.62. The molecule has 2 rings (SSSR count). The van der Waals surface area contributed by atoms with E-state index < -0.39 is 0 Å². The molecule has 0 atom stereocenters. The summed E-state index contributed by atoms with van der Waals surface area (Å²) in [5, 5.41) is 3.23. The van der Waals surface area contributed by atoms with Crippen molar-refractivity contribution < 1.29 is 4.79 Å². The summed E-state index contributed by atoms with van der Waals surface area (Å²) in [5.41, 5.74) is 10.2. The van der Waals surface area contributed by atoms with Crippen LogP contribution >= 0.6 is 0 Å². The summed E-state index contributed by atoms with van der Waals surface area (Å²) in [6, 6.07) is 4.30. The van der Waals surface area contributed by atoms with Crippen molar-refractivity contribution in [3.8, 4) is 0 Å². The molecule has 0 heterocycles. The SMILES string of the molecule is Cc1cc(C)c(C(=O)NC2C(C)(C)C(N)C2(C)C)c(C)c1. The Kier molecular flexibility index (Phi) is 3.69. The summed E-state index contributed by atoms with van der Waals surface area (Å²) in [6.07, 6.45) is 0. The first kappa shape index (κ1) is 16.0. The lowest BCUT2D eigenvalue weighted by molar-refractivity contribution is -0.0663. The molecular formula is C18H28N2O. The van der Waals surface area contributed by atoms with Gasteiger partial charge in [-0.2, -0.15) is 0 Å². The highest BCUT2D eigenvalue weighted by atomic mass is 16.1. The molecule has 0 radical (unpaired) electrons. The lowest BCUT2D eigenvalue weighted by Crippen LogP contribution is -2.76. The Labute approximate surface area is 128 Å². The molecule has 1 aromatic rings. The van der Waals surface area contributed by atoms with E-state index in [1.807, 2.05) is 13.8 Å². The smallest absolute Gasteiger partial charge is 0.252 e. The molecule has 0 aliphatic heterocycles. The molecule has 1 saturated carbocycles. The molecule has 116 valence electrons. The third kappa shape index (κ3) is 2.38. The minimum Gasteiger partial charge on any atom is -0.348 e. The quantitative estimate of drug-likeness (QED) is 0.878. The van der Waals surface area contributed by atoms with Crippen LogP contribution in [0.2, 0.25) is 0 Å². The van der Waals surface area contributed by atoms with Crippen LogP contribution in [-0.4, -0.2) is 18.0 Å². The molecule has 0 bridgehead atoms. The van der Waals surface area contributed by atoms with Gasteiger partial charge < -0.3 is 11.1 Å². The standard InChI is InChI=1S/C18H28N2O/c1-10-8-11(2)13(12(3)9-10)14(21)20-16-17(4,5)15(19)18(16,6)7/h8-9,15-16H,19H2,1-7H3,(H,20,21). The summed E-state index contributed by atoms with van der Waals surface area (Å²) in [7, 11) is 0. The third-order valence-corrected chi connectivity index (χ3v) is 5.27. The van der Waals surface area contributed by atoms with E-state index in [-0.39, 0.29) is 28.8 Å². The van der Waals surface area contributed by atoms with Gasteiger partial charge in [0.15, 0.2) is 0 Å². The van der Waals surface area contributed by atoms with Gasteiger partial charge in [-0.05, 0) is 31.9 Å². The van der Waals surface area contributed by atoms with Crippen LogP contribution in [0.4, 0.5) is 0 Å². The highest BCUT2D eigenvalue weighted by Crippen LogP contribution is 2.52. The van der Waals surface area contributed by atoms with Gasteiger partial charge in [-0.1, -0.05) is 45.4 Å². The van der Waals surface area contributed by atoms with E-state index in [9.17, 15) is 4.79 Å². The second-order valence-electron chi connectivity index (χ2n) is 7.80. The monoisotopic (exact) mass is 288 g/mol. The molecule has 1 aliphatic carbocycles. The predicted octanol–water partition coefficient (Wildman–Crippen LogP) is 3.10. The van der Waals surface area contributed by atoms with E-state index in [0.717, 1.165) is 16.7 Å². The molecule has 3 N–H and O–H groups in total. The van der Waals surface area contributed by atoms with Crippen molar-refractivity contribution in [1.29, 1.82) is 0 Å². The van der Waals surface area contributed by atoms with E-state index >= 15 is 0 Å². The van der Waals surface area contributed by atoms with Gasteiger partial charge in [0, 0.05) is 28.5 Å². The third-order valence-electron chi connectivity index (χ3n) is 5.27. The van der Waals surface area contributed by atoms with E-state index in [1.54, 1.807) is 0 Å². The summed E-state index contributed by atoms with van der Waals surface area (Å²) in [5.74, 6) is 0.0167. The molecule has 0 saturated heterocycles. The van der Waals surface area contributed by atoms with E-state index in [1.165, 1.54) is 5.56 Å². The molecule has 0 spiro atoms. The van der Waals surface area contributed by atoms with Crippen LogP contribution in [0.1, 0.15) is 54.7 Å². The summed E-state index contributed by atoms with van der Waals surface area (Å²) in [4.78, 5) is 12.7. The number of hydrogen-bond acceptors (Lipinski definition) is 2. The summed E-state index contributed by atoms with van der Waals surface area (Å²) in [6.45, 7) is 14.6. The predicted molar refractivity (Wildman–Crippen MR) is 87.4 cm³/mol. The van der Waals surface area contributed by atoms with Gasteiger partial charge in [0.25, 0.3) is 5.91 Å². The minimum atomic E-state index is -0.0777. The van der Waals surface area contributed by atoms with Crippen molar-refractivity contribution in [2.75, 3.05) is 0 Å². The van der Waals surface area contributed by atoms with Crippen molar-refractivity contribution in [2.45, 2.75) is 60.5 Å². The number of hydrogen-bond donors (Lipinski definition) is 2. The Bertz CT molecular complexity index is 548. The zero-order valence-electron chi connectivity index (χ0n) is 14.3. The van der Waals surface area contributed by atoms with Gasteiger partial charge in [-0.15, -0.1) is 0 Å². The van der Waals surface area contributed by atoms with Crippen LogP contribution in [0.25, 0.3) is 0 Å². The average molecular weight is 288 g/mol.